The second-order valence-corrected chi connectivity index (χ2v) is 11.6. The Hall–Kier alpha value is -4.28. The van der Waals surface area contributed by atoms with Gasteiger partial charge in [-0.15, -0.1) is 22.6 Å². The van der Waals surface area contributed by atoms with Crippen molar-refractivity contribution in [2.75, 3.05) is 30.9 Å². The highest BCUT2D eigenvalue weighted by atomic mass is 35.5. The number of hydrogen-bond donors (Lipinski definition) is 4. The summed E-state index contributed by atoms with van der Waals surface area (Å²) in [6.45, 7) is 2.76. The van der Waals surface area contributed by atoms with Crippen LogP contribution in [0.3, 0.4) is 0 Å². The molecular formula is C33H41ClN8O2. The van der Waals surface area contributed by atoms with Gasteiger partial charge in [0.05, 0.1) is 0 Å². The van der Waals surface area contributed by atoms with Crippen LogP contribution >= 0.6 is 12.4 Å². The number of H-pyrrole nitrogens is 1. The summed E-state index contributed by atoms with van der Waals surface area (Å²) in [5.41, 5.74) is 12.8. The van der Waals surface area contributed by atoms with Gasteiger partial charge < -0.3 is 21.3 Å². The SMILES string of the molecule is Cc1ccc(N(C)C)cc1-c1ccc(C[C@H](NC(=O)C2CCC(CN)CC2)C(=O)Nc2ccc(-c3nn[nH]n3)cc2)cc1.Cl. The average molecular weight is 617 g/mol. The van der Waals surface area contributed by atoms with Crippen molar-refractivity contribution in [3.8, 4) is 22.5 Å². The third kappa shape index (κ3) is 8.00. The van der Waals surface area contributed by atoms with E-state index in [0.717, 1.165) is 53.6 Å². The number of halogens is 1. The van der Waals surface area contributed by atoms with Gasteiger partial charge in [0.15, 0.2) is 0 Å². The van der Waals surface area contributed by atoms with Crippen LogP contribution in [0.2, 0.25) is 0 Å². The zero-order valence-corrected chi connectivity index (χ0v) is 26.2. The summed E-state index contributed by atoms with van der Waals surface area (Å²) in [6, 6.07) is 21.1. The molecule has 11 heteroatoms. The highest BCUT2D eigenvalue weighted by molar-refractivity contribution is 5.97. The zero-order chi connectivity index (χ0) is 30.3. The Morgan fingerprint density at radius 1 is 0.977 bits per heavy atom. The highest BCUT2D eigenvalue weighted by Crippen LogP contribution is 2.30. The van der Waals surface area contributed by atoms with E-state index in [1.807, 2.05) is 38.4 Å². The van der Waals surface area contributed by atoms with Crippen LogP contribution in [0.25, 0.3) is 22.5 Å². The lowest BCUT2D eigenvalue weighted by molar-refractivity contribution is -0.130. The van der Waals surface area contributed by atoms with Crippen molar-refractivity contribution >= 4 is 35.6 Å². The first-order valence-corrected chi connectivity index (χ1v) is 14.8. The van der Waals surface area contributed by atoms with Crippen LogP contribution in [0.15, 0.2) is 66.7 Å². The van der Waals surface area contributed by atoms with E-state index in [4.69, 9.17) is 5.73 Å². The Balaban J connectivity index is 0.00000442. The van der Waals surface area contributed by atoms with Crippen molar-refractivity contribution in [1.82, 2.24) is 25.9 Å². The number of benzene rings is 3. The van der Waals surface area contributed by atoms with Gasteiger partial charge in [-0.05, 0) is 109 Å². The van der Waals surface area contributed by atoms with Crippen LogP contribution in [-0.2, 0) is 16.0 Å². The Morgan fingerprint density at radius 3 is 2.27 bits per heavy atom. The number of tetrazole rings is 1. The van der Waals surface area contributed by atoms with Crippen LogP contribution in [0.4, 0.5) is 11.4 Å². The maximum absolute atomic E-state index is 13.6. The van der Waals surface area contributed by atoms with Crippen molar-refractivity contribution in [3.63, 3.8) is 0 Å². The Labute approximate surface area is 264 Å². The fraction of sp³-hybridized carbons (Fsp3) is 0.364. The molecule has 0 radical (unpaired) electrons. The zero-order valence-electron chi connectivity index (χ0n) is 25.4. The van der Waals surface area contributed by atoms with Gasteiger partial charge in [0.1, 0.15) is 6.04 Å². The molecule has 232 valence electrons. The number of aromatic amines is 1. The molecule has 0 saturated heterocycles. The molecule has 3 aromatic carbocycles. The van der Waals surface area contributed by atoms with Gasteiger partial charge in [-0.2, -0.15) is 5.21 Å². The van der Waals surface area contributed by atoms with E-state index >= 15 is 0 Å². The van der Waals surface area contributed by atoms with Crippen molar-refractivity contribution in [3.05, 3.63) is 77.9 Å². The molecule has 0 unspecified atom stereocenters. The summed E-state index contributed by atoms with van der Waals surface area (Å²) in [7, 11) is 4.06. The van der Waals surface area contributed by atoms with E-state index in [0.29, 0.717) is 30.4 Å². The van der Waals surface area contributed by atoms with Crippen molar-refractivity contribution in [2.45, 2.75) is 45.1 Å². The Kier molecular flexibility index (Phi) is 11.1. The van der Waals surface area contributed by atoms with Gasteiger partial charge in [-0.25, -0.2) is 0 Å². The predicted molar refractivity (Wildman–Crippen MR) is 177 cm³/mol. The molecule has 2 amide bonds. The van der Waals surface area contributed by atoms with E-state index in [1.165, 1.54) is 5.56 Å². The van der Waals surface area contributed by atoms with Crippen molar-refractivity contribution < 1.29 is 9.59 Å². The summed E-state index contributed by atoms with van der Waals surface area (Å²) < 4.78 is 0. The minimum Gasteiger partial charge on any atom is -0.378 e. The first kappa shape index (κ1) is 32.6. The molecule has 1 aliphatic carbocycles. The number of carbonyl (C=O) groups is 2. The van der Waals surface area contributed by atoms with E-state index < -0.39 is 6.04 Å². The Bertz CT molecular complexity index is 1520. The standard InChI is InChI=1S/C33H40N8O2.ClH/c1-21-4-17-28(41(2)3)19-29(21)24-9-5-22(6-10-24)18-30(36-32(42)26-11-7-23(20-34)8-12-26)33(43)35-27-15-13-25(14-16-27)31-37-39-40-38-31;/h4-6,9-10,13-17,19,23,26,30H,7-8,11-12,18,20,34H2,1-3H3,(H,35,43)(H,36,42)(H,37,38,39,40);1H/t23?,26?,30-;/m0./s1. The average Bonchev–Trinajstić information content (AvgIpc) is 3.57. The van der Waals surface area contributed by atoms with Crippen LogP contribution in [0, 0.1) is 18.8 Å². The van der Waals surface area contributed by atoms with Crippen LogP contribution in [0.5, 0.6) is 0 Å². The van der Waals surface area contributed by atoms with Gasteiger partial charge in [-0.3, -0.25) is 9.59 Å². The number of rotatable bonds is 10. The van der Waals surface area contributed by atoms with Gasteiger partial charge in [-0.1, -0.05) is 30.3 Å². The van der Waals surface area contributed by atoms with Crippen LogP contribution in [-0.4, -0.2) is 59.1 Å². The molecule has 5 N–H and O–H groups in total. The topological polar surface area (TPSA) is 142 Å². The second-order valence-electron chi connectivity index (χ2n) is 11.6. The number of nitrogens with two attached hydrogens (primary N) is 1. The lowest BCUT2D eigenvalue weighted by Crippen LogP contribution is -2.48. The largest absolute Gasteiger partial charge is 0.378 e. The molecule has 1 aromatic heterocycles. The number of aromatic nitrogens is 4. The first-order valence-electron chi connectivity index (χ1n) is 14.8. The summed E-state index contributed by atoms with van der Waals surface area (Å²) in [4.78, 5) is 29.0. The number of anilines is 2. The maximum atomic E-state index is 13.6. The molecule has 44 heavy (non-hydrogen) atoms. The molecule has 5 rings (SSSR count). The number of amides is 2. The lowest BCUT2D eigenvalue weighted by Gasteiger charge is -2.28. The van der Waals surface area contributed by atoms with Crippen molar-refractivity contribution in [1.29, 1.82) is 0 Å². The van der Waals surface area contributed by atoms with Gasteiger partial charge in [0.25, 0.3) is 0 Å². The summed E-state index contributed by atoms with van der Waals surface area (Å²) >= 11 is 0. The third-order valence-corrected chi connectivity index (χ3v) is 8.38. The molecule has 1 aliphatic rings. The molecule has 0 aliphatic heterocycles. The lowest BCUT2D eigenvalue weighted by atomic mass is 9.81. The highest BCUT2D eigenvalue weighted by Gasteiger charge is 2.29. The maximum Gasteiger partial charge on any atom is 0.247 e. The fourth-order valence-corrected chi connectivity index (χ4v) is 5.63. The van der Waals surface area contributed by atoms with E-state index in [9.17, 15) is 9.59 Å². The normalized spacial score (nSPS) is 16.8. The number of hydrogen-bond acceptors (Lipinski definition) is 7. The number of carbonyl (C=O) groups excluding carboxylic acids is 2. The first-order chi connectivity index (χ1) is 20.8. The number of nitrogens with zero attached hydrogens (tertiary/aromatic N) is 4. The minimum absolute atomic E-state index is 0. The fourth-order valence-electron chi connectivity index (χ4n) is 5.63. The molecule has 4 aromatic rings. The molecule has 1 saturated carbocycles. The molecule has 0 bridgehead atoms. The van der Waals surface area contributed by atoms with E-state index in [1.54, 1.807) is 12.1 Å². The number of aryl methyl sites for hydroxylation is 1. The van der Waals surface area contributed by atoms with Crippen LogP contribution in [0.1, 0.15) is 36.8 Å². The van der Waals surface area contributed by atoms with Gasteiger partial charge in [0, 0.05) is 43.4 Å². The van der Waals surface area contributed by atoms with Crippen molar-refractivity contribution in [2.24, 2.45) is 17.6 Å². The smallest absolute Gasteiger partial charge is 0.247 e. The molecule has 1 fully saturated rings. The monoisotopic (exact) mass is 616 g/mol. The molecular weight excluding hydrogens is 576 g/mol. The summed E-state index contributed by atoms with van der Waals surface area (Å²) in [5.74, 6) is 0.492. The Morgan fingerprint density at radius 2 is 1.66 bits per heavy atom. The van der Waals surface area contributed by atoms with Crippen LogP contribution < -0.4 is 21.3 Å². The molecule has 1 atom stereocenters. The predicted octanol–water partition coefficient (Wildman–Crippen LogP) is 4.76. The van der Waals surface area contributed by atoms with E-state index in [2.05, 4.69) is 73.4 Å². The summed E-state index contributed by atoms with van der Waals surface area (Å²) in [6.07, 6.45) is 3.83. The quantitative estimate of drug-likeness (QED) is 0.201. The minimum atomic E-state index is -0.735. The summed E-state index contributed by atoms with van der Waals surface area (Å²) in [5, 5.41) is 20.1. The van der Waals surface area contributed by atoms with E-state index in [-0.39, 0.29) is 30.1 Å². The molecule has 1 heterocycles. The van der Waals surface area contributed by atoms with Gasteiger partial charge in [0.2, 0.25) is 17.6 Å². The molecule has 0 spiro atoms. The molecule has 10 nitrogen and oxygen atoms in total. The second kappa shape index (κ2) is 14.9. The number of nitrogens with one attached hydrogen (secondary N) is 3. The van der Waals surface area contributed by atoms with Gasteiger partial charge >= 0.3 is 0 Å². The third-order valence-electron chi connectivity index (χ3n) is 8.38.